The fourth-order valence-electron chi connectivity index (χ4n) is 2.91. The summed E-state index contributed by atoms with van der Waals surface area (Å²) in [4.78, 5) is 24.7. The van der Waals surface area contributed by atoms with Gasteiger partial charge in [-0.3, -0.25) is 25.8 Å². The third-order valence-corrected chi connectivity index (χ3v) is 5.66. The monoisotopic (exact) mass is 549 g/mol. The van der Waals surface area contributed by atoms with Crippen molar-refractivity contribution in [2.75, 3.05) is 13.2 Å². The lowest BCUT2D eigenvalue weighted by Crippen LogP contribution is -2.49. The third kappa shape index (κ3) is 8.95. The Bertz CT molecular complexity index is 1010. The Kier molecular flexibility index (Phi) is 10.8. The molecule has 0 aliphatic heterocycles. The van der Waals surface area contributed by atoms with E-state index in [9.17, 15) is 9.59 Å². The van der Waals surface area contributed by atoms with Gasteiger partial charge in [-0.15, -0.1) is 0 Å². The van der Waals surface area contributed by atoms with E-state index in [1.165, 1.54) is 0 Å². The topological polar surface area (TPSA) is 88.7 Å². The number of para-hydroxylation sites is 1. The van der Waals surface area contributed by atoms with Crippen molar-refractivity contribution in [1.82, 2.24) is 16.2 Å². The largest absolute Gasteiger partial charge is 0.493 e. The van der Waals surface area contributed by atoms with Crippen molar-refractivity contribution in [1.29, 1.82) is 0 Å². The van der Waals surface area contributed by atoms with Gasteiger partial charge in [-0.25, -0.2) is 0 Å². The highest BCUT2D eigenvalue weighted by Gasteiger charge is 2.16. The van der Waals surface area contributed by atoms with Gasteiger partial charge in [0.25, 0.3) is 11.8 Å². The number of rotatable bonds is 9. The molecule has 2 rings (SSSR count). The first-order valence-corrected chi connectivity index (χ1v) is 12.4. The lowest BCUT2D eigenvalue weighted by atomic mass is 9.87. The van der Waals surface area contributed by atoms with Crippen LogP contribution < -0.4 is 25.6 Å². The summed E-state index contributed by atoms with van der Waals surface area (Å²) in [7, 11) is 0. The van der Waals surface area contributed by atoms with Gasteiger partial charge in [0.05, 0.1) is 16.6 Å². The molecule has 0 aliphatic carbocycles. The molecule has 0 heterocycles. The molecule has 2 aromatic rings. The number of hydrogen-bond donors (Lipinski definition) is 3. The van der Waals surface area contributed by atoms with Crippen LogP contribution in [0.4, 0.5) is 0 Å². The highest BCUT2D eigenvalue weighted by atomic mass is 79.9. The van der Waals surface area contributed by atoms with E-state index in [-0.39, 0.29) is 17.1 Å². The van der Waals surface area contributed by atoms with Gasteiger partial charge in [-0.2, -0.15) is 0 Å². The van der Waals surface area contributed by atoms with Gasteiger partial charge in [-0.1, -0.05) is 58.7 Å². The van der Waals surface area contributed by atoms with Crippen LogP contribution in [0, 0.1) is 0 Å². The molecule has 0 bridgehead atoms. The molecule has 0 atom stereocenters. The SMILES string of the molecule is CCCCCOc1ccccc1C(=O)NC(=S)NNC(=O)COc1ccc(C(C)(C)C)cc1Br. The molecule has 34 heavy (non-hydrogen) atoms. The molecule has 0 unspecified atom stereocenters. The molecule has 2 amide bonds. The number of benzene rings is 2. The van der Waals surface area contributed by atoms with Crippen LogP contribution in [-0.2, 0) is 10.2 Å². The first-order chi connectivity index (χ1) is 16.1. The normalized spacial score (nSPS) is 10.9. The van der Waals surface area contributed by atoms with Crippen molar-refractivity contribution in [2.45, 2.75) is 52.4 Å². The molecular weight excluding hydrogens is 518 g/mol. The summed E-state index contributed by atoms with van der Waals surface area (Å²) in [6.07, 6.45) is 3.06. The maximum Gasteiger partial charge on any atom is 0.276 e. The van der Waals surface area contributed by atoms with E-state index >= 15 is 0 Å². The van der Waals surface area contributed by atoms with Crippen LogP contribution in [-0.4, -0.2) is 30.1 Å². The van der Waals surface area contributed by atoms with Crippen molar-refractivity contribution in [3.8, 4) is 11.5 Å². The molecule has 3 N–H and O–H groups in total. The number of carbonyl (C=O) groups is 2. The zero-order chi connectivity index (χ0) is 25.1. The number of amides is 2. The minimum absolute atomic E-state index is 0.00413. The molecule has 9 heteroatoms. The van der Waals surface area contributed by atoms with Crippen LogP contribution in [0.3, 0.4) is 0 Å². The number of hydrogen-bond acceptors (Lipinski definition) is 5. The zero-order valence-electron chi connectivity index (χ0n) is 20.0. The average molecular weight is 551 g/mol. The molecular formula is C25H32BrN3O4S. The smallest absolute Gasteiger partial charge is 0.276 e. The maximum absolute atomic E-state index is 12.6. The quantitative estimate of drug-likeness (QED) is 0.231. The number of thiocarbonyl (C=S) groups is 1. The molecule has 0 saturated heterocycles. The zero-order valence-corrected chi connectivity index (χ0v) is 22.4. The molecule has 7 nitrogen and oxygen atoms in total. The maximum atomic E-state index is 12.6. The molecule has 184 valence electrons. The van der Waals surface area contributed by atoms with Crippen molar-refractivity contribution >= 4 is 45.1 Å². The Balaban J connectivity index is 1.81. The molecule has 0 spiro atoms. The second kappa shape index (κ2) is 13.3. The summed E-state index contributed by atoms with van der Waals surface area (Å²) < 4.78 is 12.1. The Labute approximate surface area is 215 Å². The third-order valence-electron chi connectivity index (χ3n) is 4.84. The van der Waals surface area contributed by atoms with E-state index in [2.05, 4.69) is 59.8 Å². The summed E-state index contributed by atoms with van der Waals surface area (Å²) >= 11 is 8.59. The molecule has 2 aromatic carbocycles. The summed E-state index contributed by atoms with van der Waals surface area (Å²) in [6.45, 7) is 8.78. The van der Waals surface area contributed by atoms with E-state index in [1.807, 2.05) is 18.2 Å². The van der Waals surface area contributed by atoms with Gasteiger partial charge < -0.3 is 9.47 Å². The van der Waals surface area contributed by atoms with Crippen molar-refractivity contribution in [3.63, 3.8) is 0 Å². The van der Waals surface area contributed by atoms with Crippen LogP contribution in [0.5, 0.6) is 11.5 Å². The lowest BCUT2D eigenvalue weighted by Gasteiger charge is -2.20. The van der Waals surface area contributed by atoms with Crippen LogP contribution in [0.15, 0.2) is 46.9 Å². The molecule has 0 aliphatic rings. The van der Waals surface area contributed by atoms with Gasteiger partial charge in [0, 0.05) is 0 Å². The van der Waals surface area contributed by atoms with Gasteiger partial charge in [-0.05, 0) is 69.8 Å². The minimum atomic E-state index is -0.456. The number of ether oxygens (including phenoxy) is 2. The standard InChI is InChI=1S/C25H32BrN3O4S/c1-5-6-9-14-32-20-11-8-7-10-18(20)23(31)27-24(34)29-28-22(30)16-33-21-13-12-17(15-19(21)26)25(2,3)4/h7-8,10-13,15H,5-6,9,14,16H2,1-4H3,(H,28,30)(H2,27,29,31,34). The number of unbranched alkanes of at least 4 members (excludes halogenated alkanes) is 2. The van der Waals surface area contributed by atoms with E-state index in [0.29, 0.717) is 23.7 Å². The second-order valence-corrected chi connectivity index (χ2v) is 9.95. The fourth-order valence-corrected chi connectivity index (χ4v) is 3.54. The van der Waals surface area contributed by atoms with E-state index in [4.69, 9.17) is 21.7 Å². The Morgan fingerprint density at radius 2 is 1.74 bits per heavy atom. The predicted molar refractivity (Wildman–Crippen MR) is 141 cm³/mol. The first kappa shape index (κ1) is 27.6. The molecule has 0 radical (unpaired) electrons. The van der Waals surface area contributed by atoms with E-state index in [0.717, 1.165) is 29.3 Å². The second-order valence-electron chi connectivity index (χ2n) is 8.69. The van der Waals surface area contributed by atoms with Crippen LogP contribution in [0.2, 0.25) is 0 Å². The summed E-state index contributed by atoms with van der Waals surface area (Å²) in [5, 5.41) is 2.49. The summed E-state index contributed by atoms with van der Waals surface area (Å²) in [5.41, 5.74) is 6.43. The molecule has 0 fully saturated rings. The van der Waals surface area contributed by atoms with Gasteiger partial charge in [0.2, 0.25) is 0 Å². The van der Waals surface area contributed by atoms with Gasteiger partial charge in [0.1, 0.15) is 11.5 Å². The van der Waals surface area contributed by atoms with Crippen molar-refractivity contribution in [2.24, 2.45) is 0 Å². The fraction of sp³-hybridized carbons (Fsp3) is 0.400. The summed E-state index contributed by atoms with van der Waals surface area (Å²) in [6, 6.07) is 12.7. The number of hydrazine groups is 1. The van der Waals surface area contributed by atoms with Gasteiger partial charge >= 0.3 is 0 Å². The van der Waals surface area contributed by atoms with Crippen molar-refractivity contribution < 1.29 is 19.1 Å². The number of halogens is 1. The molecule has 0 aromatic heterocycles. The Morgan fingerprint density at radius 3 is 2.41 bits per heavy atom. The predicted octanol–water partition coefficient (Wildman–Crippen LogP) is 5.03. The highest BCUT2D eigenvalue weighted by Crippen LogP contribution is 2.31. The highest BCUT2D eigenvalue weighted by molar-refractivity contribution is 9.10. The van der Waals surface area contributed by atoms with E-state index < -0.39 is 11.8 Å². The number of nitrogens with one attached hydrogen (secondary N) is 3. The lowest BCUT2D eigenvalue weighted by molar-refractivity contribution is -0.123. The Morgan fingerprint density at radius 1 is 1.00 bits per heavy atom. The van der Waals surface area contributed by atoms with Crippen LogP contribution >= 0.6 is 28.1 Å². The van der Waals surface area contributed by atoms with Crippen molar-refractivity contribution in [3.05, 3.63) is 58.1 Å². The average Bonchev–Trinajstić information content (AvgIpc) is 2.79. The number of carbonyl (C=O) groups excluding carboxylic acids is 2. The first-order valence-electron chi connectivity index (χ1n) is 11.2. The Hall–Kier alpha value is -2.65. The van der Waals surface area contributed by atoms with Crippen LogP contribution in [0.1, 0.15) is 62.9 Å². The molecule has 0 saturated carbocycles. The van der Waals surface area contributed by atoms with Crippen LogP contribution in [0.25, 0.3) is 0 Å². The van der Waals surface area contributed by atoms with E-state index in [1.54, 1.807) is 24.3 Å². The van der Waals surface area contributed by atoms with Gasteiger partial charge in [0.15, 0.2) is 11.7 Å². The minimum Gasteiger partial charge on any atom is -0.493 e. The summed E-state index contributed by atoms with van der Waals surface area (Å²) in [5.74, 6) is 0.147.